The molecule has 2 aliphatic rings. The first-order valence-corrected chi connectivity index (χ1v) is 12.4. The average molecular weight is 520 g/mol. The van der Waals surface area contributed by atoms with E-state index in [-0.39, 0.29) is 41.1 Å². The van der Waals surface area contributed by atoms with Crippen LogP contribution in [0.5, 0.6) is 5.75 Å². The van der Waals surface area contributed by atoms with Crippen LogP contribution in [0.4, 0.5) is 30.6 Å². The summed E-state index contributed by atoms with van der Waals surface area (Å²) in [5, 5.41) is 18.1. The van der Waals surface area contributed by atoms with Crippen LogP contribution in [0.2, 0.25) is 0 Å². The number of ether oxygens (including phenoxy) is 1. The first-order valence-electron chi connectivity index (χ1n) is 12.4. The lowest BCUT2D eigenvalue weighted by Gasteiger charge is -2.40. The molecular weight excluding hydrogens is 491 g/mol. The number of nitro groups is 1. The van der Waals surface area contributed by atoms with Gasteiger partial charge in [0, 0.05) is 55.1 Å². The van der Waals surface area contributed by atoms with Gasteiger partial charge in [0.25, 0.3) is 11.7 Å². The first-order chi connectivity index (χ1) is 17.7. The molecule has 0 bridgehead atoms. The van der Waals surface area contributed by atoms with Crippen molar-refractivity contribution in [3.63, 3.8) is 0 Å². The summed E-state index contributed by atoms with van der Waals surface area (Å²) in [6.45, 7) is 1.69. The Morgan fingerprint density at radius 1 is 1.05 bits per heavy atom. The number of fused-ring (bicyclic) bond motifs is 1. The van der Waals surface area contributed by atoms with E-state index in [1.54, 1.807) is 12.1 Å². The largest absolute Gasteiger partial charge is 0.573 e. The number of nitro benzene ring substituents is 1. The van der Waals surface area contributed by atoms with Crippen LogP contribution in [0.1, 0.15) is 38.5 Å². The summed E-state index contributed by atoms with van der Waals surface area (Å²) < 4.78 is 47.4. The molecule has 0 spiro atoms. The third-order valence-electron chi connectivity index (χ3n) is 6.96. The molecule has 37 heavy (non-hydrogen) atoms. The SMILES string of the molecule is O=[N+]([O-])c1ccc(N2CCCC(N[C@@H]3CCCC[C@H]3Nc3nc4cc(OC(F)(F)F)ccc4o3)C2)cc1. The zero-order chi connectivity index (χ0) is 26.0. The van der Waals surface area contributed by atoms with E-state index in [1.807, 2.05) is 0 Å². The number of anilines is 2. The Bertz CT molecular complexity index is 1230. The number of nitrogens with zero attached hydrogens (tertiary/aromatic N) is 3. The number of rotatable bonds is 7. The van der Waals surface area contributed by atoms with Gasteiger partial charge in [-0.2, -0.15) is 4.98 Å². The van der Waals surface area contributed by atoms with E-state index < -0.39 is 11.3 Å². The molecule has 5 rings (SSSR count). The summed E-state index contributed by atoms with van der Waals surface area (Å²) in [5.74, 6) is -0.341. The molecule has 2 aromatic carbocycles. The molecule has 2 fully saturated rings. The highest BCUT2D eigenvalue weighted by molar-refractivity contribution is 5.76. The number of oxazole rings is 1. The van der Waals surface area contributed by atoms with Gasteiger partial charge in [-0.1, -0.05) is 12.8 Å². The average Bonchev–Trinajstić information content (AvgIpc) is 3.26. The Labute approximate surface area is 211 Å². The monoisotopic (exact) mass is 519 g/mol. The smallest absolute Gasteiger partial charge is 0.424 e. The molecule has 1 unspecified atom stereocenters. The molecule has 1 aromatic heterocycles. The predicted octanol–water partition coefficient (Wildman–Crippen LogP) is 5.62. The minimum Gasteiger partial charge on any atom is -0.424 e. The van der Waals surface area contributed by atoms with Crippen molar-refractivity contribution in [1.29, 1.82) is 0 Å². The Kier molecular flexibility index (Phi) is 7.09. The van der Waals surface area contributed by atoms with Gasteiger partial charge in [-0.3, -0.25) is 10.1 Å². The molecule has 1 aliphatic carbocycles. The summed E-state index contributed by atoms with van der Waals surface area (Å²) in [6.07, 6.45) is 1.31. The minimum atomic E-state index is -4.77. The third kappa shape index (κ3) is 6.24. The molecule has 1 aliphatic heterocycles. The Balaban J connectivity index is 1.23. The number of hydrogen-bond acceptors (Lipinski definition) is 8. The van der Waals surface area contributed by atoms with Gasteiger partial charge < -0.3 is 24.7 Å². The van der Waals surface area contributed by atoms with Gasteiger partial charge >= 0.3 is 6.36 Å². The van der Waals surface area contributed by atoms with E-state index in [2.05, 4.69) is 25.3 Å². The van der Waals surface area contributed by atoms with Gasteiger partial charge in [0.15, 0.2) is 5.58 Å². The zero-order valence-electron chi connectivity index (χ0n) is 20.0. The van der Waals surface area contributed by atoms with Gasteiger partial charge in [-0.05, 0) is 49.9 Å². The fraction of sp³-hybridized carbons (Fsp3) is 0.480. The number of nitrogens with one attached hydrogen (secondary N) is 2. The maximum absolute atomic E-state index is 12.5. The highest BCUT2D eigenvalue weighted by Crippen LogP contribution is 2.30. The molecule has 2 N–H and O–H groups in total. The molecule has 12 heteroatoms. The van der Waals surface area contributed by atoms with Crippen LogP contribution in [-0.4, -0.2) is 47.5 Å². The highest BCUT2D eigenvalue weighted by Gasteiger charge is 2.32. The number of aromatic nitrogens is 1. The molecule has 0 radical (unpaired) electrons. The second kappa shape index (κ2) is 10.4. The maximum atomic E-state index is 12.5. The van der Waals surface area contributed by atoms with Crippen LogP contribution in [0.25, 0.3) is 11.1 Å². The Morgan fingerprint density at radius 3 is 2.54 bits per heavy atom. The molecule has 1 saturated heterocycles. The number of hydrogen-bond donors (Lipinski definition) is 2. The zero-order valence-corrected chi connectivity index (χ0v) is 20.0. The van der Waals surface area contributed by atoms with E-state index >= 15 is 0 Å². The van der Waals surface area contributed by atoms with Gasteiger partial charge in [0.05, 0.1) is 4.92 Å². The molecule has 1 saturated carbocycles. The summed E-state index contributed by atoms with van der Waals surface area (Å²) in [7, 11) is 0. The lowest BCUT2D eigenvalue weighted by Crippen LogP contribution is -2.54. The van der Waals surface area contributed by atoms with E-state index in [0.29, 0.717) is 5.58 Å². The van der Waals surface area contributed by atoms with E-state index in [0.717, 1.165) is 57.3 Å². The van der Waals surface area contributed by atoms with Crippen LogP contribution < -0.4 is 20.3 Å². The van der Waals surface area contributed by atoms with Gasteiger partial charge in [0.2, 0.25) is 0 Å². The molecule has 3 atom stereocenters. The van der Waals surface area contributed by atoms with Crippen molar-refractivity contribution < 1.29 is 27.2 Å². The van der Waals surface area contributed by atoms with Crippen molar-refractivity contribution in [2.45, 2.75) is 63.0 Å². The van der Waals surface area contributed by atoms with Crippen LogP contribution in [0.15, 0.2) is 46.9 Å². The van der Waals surface area contributed by atoms with Gasteiger partial charge in [-0.25, -0.2) is 0 Å². The summed E-state index contributed by atoms with van der Waals surface area (Å²) in [6, 6.07) is 11.2. The van der Waals surface area contributed by atoms with Crippen LogP contribution in [0.3, 0.4) is 0 Å². The lowest BCUT2D eigenvalue weighted by molar-refractivity contribution is -0.384. The number of piperidine rings is 1. The van der Waals surface area contributed by atoms with E-state index in [4.69, 9.17) is 4.42 Å². The van der Waals surface area contributed by atoms with Crippen LogP contribution >= 0.6 is 0 Å². The van der Waals surface area contributed by atoms with E-state index in [9.17, 15) is 23.3 Å². The Morgan fingerprint density at radius 2 is 1.81 bits per heavy atom. The fourth-order valence-corrected chi connectivity index (χ4v) is 5.26. The number of benzene rings is 2. The Hall–Kier alpha value is -3.54. The van der Waals surface area contributed by atoms with E-state index in [1.165, 1.54) is 30.3 Å². The minimum absolute atomic E-state index is 0.0578. The van der Waals surface area contributed by atoms with Gasteiger partial charge in [-0.15, -0.1) is 13.2 Å². The standard InChI is InChI=1S/C25H28F3N5O4/c26-25(27,28)37-19-11-12-23-22(14-19)31-24(36-23)30-21-6-2-1-5-20(21)29-16-4-3-13-32(15-16)17-7-9-18(10-8-17)33(34)35/h7-12,14,16,20-21,29H,1-6,13,15H2,(H,30,31)/t16?,20-,21-/m1/s1. The van der Waals surface area contributed by atoms with Crippen molar-refractivity contribution in [2.24, 2.45) is 0 Å². The molecule has 2 heterocycles. The summed E-state index contributed by atoms with van der Waals surface area (Å²) in [4.78, 5) is 17.1. The number of non-ortho nitro benzene ring substituents is 1. The molecule has 198 valence electrons. The quantitative estimate of drug-likeness (QED) is 0.306. The highest BCUT2D eigenvalue weighted by atomic mass is 19.4. The second-order valence-corrected chi connectivity index (χ2v) is 9.56. The third-order valence-corrected chi connectivity index (χ3v) is 6.96. The van der Waals surface area contributed by atoms with Crippen LogP contribution in [-0.2, 0) is 0 Å². The van der Waals surface area contributed by atoms with Crippen molar-refractivity contribution >= 4 is 28.5 Å². The van der Waals surface area contributed by atoms with Crippen molar-refractivity contribution in [2.75, 3.05) is 23.3 Å². The lowest BCUT2D eigenvalue weighted by atomic mass is 9.89. The molecular formula is C25H28F3N5O4. The maximum Gasteiger partial charge on any atom is 0.573 e. The van der Waals surface area contributed by atoms with Crippen molar-refractivity contribution in [1.82, 2.24) is 10.3 Å². The number of alkyl halides is 3. The molecule has 9 nitrogen and oxygen atoms in total. The molecule has 3 aromatic rings. The van der Waals surface area contributed by atoms with Crippen molar-refractivity contribution in [3.8, 4) is 5.75 Å². The number of halogens is 3. The first kappa shape index (κ1) is 25.1. The predicted molar refractivity (Wildman–Crippen MR) is 132 cm³/mol. The topological polar surface area (TPSA) is 106 Å². The normalized spacial score (nSPS) is 22.7. The fourth-order valence-electron chi connectivity index (χ4n) is 5.26. The van der Waals surface area contributed by atoms with Gasteiger partial charge in [0.1, 0.15) is 11.3 Å². The van der Waals surface area contributed by atoms with Crippen molar-refractivity contribution in [3.05, 3.63) is 52.6 Å². The second-order valence-electron chi connectivity index (χ2n) is 9.56. The van der Waals surface area contributed by atoms with Crippen LogP contribution in [0, 0.1) is 10.1 Å². The molecule has 0 amide bonds. The summed E-state index contributed by atoms with van der Waals surface area (Å²) >= 11 is 0. The summed E-state index contributed by atoms with van der Waals surface area (Å²) in [5.41, 5.74) is 1.71.